The fourth-order valence-corrected chi connectivity index (χ4v) is 3.01. The molecular formula is C17H21N3O2. The van der Waals surface area contributed by atoms with Crippen molar-refractivity contribution >= 4 is 5.91 Å². The molecule has 1 aliphatic carbocycles. The monoisotopic (exact) mass is 299 g/mol. The Hall–Kier alpha value is -2.14. The molecule has 0 spiro atoms. The van der Waals surface area contributed by atoms with E-state index in [1.807, 2.05) is 41.2 Å². The van der Waals surface area contributed by atoms with E-state index in [4.69, 9.17) is 0 Å². The van der Waals surface area contributed by atoms with Gasteiger partial charge in [0.05, 0.1) is 18.6 Å². The SMILES string of the molecule is O=C(NCc1ccccc1Cn1cccn1)C1CCCC1O. The summed E-state index contributed by atoms with van der Waals surface area (Å²) in [6.07, 6.45) is 5.63. The van der Waals surface area contributed by atoms with E-state index in [1.165, 1.54) is 0 Å². The Morgan fingerprint density at radius 2 is 2.09 bits per heavy atom. The summed E-state index contributed by atoms with van der Waals surface area (Å²) in [5, 5.41) is 17.0. The molecule has 2 unspecified atom stereocenters. The van der Waals surface area contributed by atoms with E-state index in [2.05, 4.69) is 10.4 Å². The highest BCUT2D eigenvalue weighted by atomic mass is 16.3. The summed E-state index contributed by atoms with van der Waals surface area (Å²) >= 11 is 0. The van der Waals surface area contributed by atoms with Gasteiger partial charge in [-0.05, 0) is 36.5 Å². The van der Waals surface area contributed by atoms with Gasteiger partial charge >= 0.3 is 0 Å². The smallest absolute Gasteiger partial charge is 0.225 e. The lowest BCUT2D eigenvalue weighted by molar-refractivity contribution is -0.127. The van der Waals surface area contributed by atoms with Crippen LogP contribution in [0.3, 0.4) is 0 Å². The van der Waals surface area contributed by atoms with Crippen LogP contribution in [-0.2, 0) is 17.9 Å². The molecule has 116 valence electrons. The van der Waals surface area contributed by atoms with Crippen LogP contribution in [0.15, 0.2) is 42.7 Å². The molecule has 1 heterocycles. The van der Waals surface area contributed by atoms with Gasteiger partial charge in [-0.15, -0.1) is 0 Å². The van der Waals surface area contributed by atoms with Crippen LogP contribution in [0.25, 0.3) is 0 Å². The fourth-order valence-electron chi connectivity index (χ4n) is 3.01. The van der Waals surface area contributed by atoms with Gasteiger partial charge in [0.25, 0.3) is 0 Å². The molecular weight excluding hydrogens is 278 g/mol. The Morgan fingerprint density at radius 1 is 1.27 bits per heavy atom. The van der Waals surface area contributed by atoms with E-state index in [9.17, 15) is 9.90 Å². The summed E-state index contributed by atoms with van der Waals surface area (Å²) < 4.78 is 1.86. The number of amides is 1. The van der Waals surface area contributed by atoms with Gasteiger partial charge in [0.2, 0.25) is 5.91 Å². The lowest BCUT2D eigenvalue weighted by atomic mass is 10.0. The first-order valence-corrected chi connectivity index (χ1v) is 7.74. The summed E-state index contributed by atoms with van der Waals surface area (Å²) in [6.45, 7) is 1.17. The second-order valence-corrected chi connectivity index (χ2v) is 5.79. The minimum absolute atomic E-state index is 0.0427. The van der Waals surface area contributed by atoms with Crippen molar-refractivity contribution in [3.8, 4) is 0 Å². The number of hydrogen-bond donors (Lipinski definition) is 2. The molecule has 1 aromatic heterocycles. The lowest BCUT2D eigenvalue weighted by Crippen LogP contribution is -2.34. The number of aliphatic hydroxyl groups is 1. The first kappa shape index (κ1) is 14.8. The van der Waals surface area contributed by atoms with E-state index in [-0.39, 0.29) is 11.8 Å². The highest BCUT2D eigenvalue weighted by Gasteiger charge is 2.31. The standard InChI is InChI=1S/C17H21N3O2/c21-16-8-3-7-15(16)17(22)18-11-13-5-1-2-6-14(13)12-20-10-4-9-19-20/h1-2,4-6,9-10,15-16,21H,3,7-8,11-12H2,(H,18,22). The molecule has 0 bridgehead atoms. The van der Waals surface area contributed by atoms with Crippen LogP contribution < -0.4 is 5.32 Å². The van der Waals surface area contributed by atoms with Crippen molar-refractivity contribution in [2.75, 3.05) is 0 Å². The Bertz CT molecular complexity index is 625. The first-order valence-electron chi connectivity index (χ1n) is 7.74. The molecule has 1 fully saturated rings. The zero-order valence-corrected chi connectivity index (χ0v) is 12.5. The molecule has 1 aromatic carbocycles. The van der Waals surface area contributed by atoms with E-state index >= 15 is 0 Å². The molecule has 0 radical (unpaired) electrons. The maximum absolute atomic E-state index is 12.2. The molecule has 1 aliphatic rings. The predicted octanol–water partition coefficient (Wildman–Crippen LogP) is 1.71. The second-order valence-electron chi connectivity index (χ2n) is 5.79. The third kappa shape index (κ3) is 3.36. The summed E-state index contributed by atoms with van der Waals surface area (Å²) in [7, 11) is 0. The van der Waals surface area contributed by atoms with Gasteiger partial charge in [-0.25, -0.2) is 0 Å². The summed E-state index contributed by atoms with van der Waals surface area (Å²) in [4.78, 5) is 12.2. The average Bonchev–Trinajstić information content (AvgIpc) is 3.17. The zero-order valence-electron chi connectivity index (χ0n) is 12.5. The molecule has 22 heavy (non-hydrogen) atoms. The van der Waals surface area contributed by atoms with Crippen LogP contribution in [0.1, 0.15) is 30.4 Å². The highest BCUT2D eigenvalue weighted by Crippen LogP contribution is 2.25. The largest absolute Gasteiger partial charge is 0.392 e. The van der Waals surface area contributed by atoms with Gasteiger partial charge < -0.3 is 10.4 Å². The van der Waals surface area contributed by atoms with Crippen LogP contribution >= 0.6 is 0 Å². The lowest BCUT2D eigenvalue weighted by Gasteiger charge is -2.16. The quantitative estimate of drug-likeness (QED) is 0.883. The minimum atomic E-state index is -0.487. The number of aromatic nitrogens is 2. The number of rotatable bonds is 5. The Kier molecular flexibility index (Phi) is 4.53. The molecule has 2 aromatic rings. The van der Waals surface area contributed by atoms with Crippen molar-refractivity contribution in [3.05, 3.63) is 53.9 Å². The van der Waals surface area contributed by atoms with Crippen molar-refractivity contribution in [2.24, 2.45) is 5.92 Å². The van der Waals surface area contributed by atoms with Crippen LogP contribution in [0.2, 0.25) is 0 Å². The number of aliphatic hydroxyl groups excluding tert-OH is 1. The second kappa shape index (κ2) is 6.75. The van der Waals surface area contributed by atoms with Gasteiger partial charge in [-0.3, -0.25) is 9.48 Å². The average molecular weight is 299 g/mol. The molecule has 5 nitrogen and oxygen atoms in total. The molecule has 2 atom stereocenters. The number of benzene rings is 1. The number of nitrogens with one attached hydrogen (secondary N) is 1. The minimum Gasteiger partial charge on any atom is -0.392 e. The molecule has 1 amide bonds. The number of hydrogen-bond acceptors (Lipinski definition) is 3. The third-order valence-electron chi connectivity index (χ3n) is 4.28. The number of carbonyl (C=O) groups excluding carboxylic acids is 1. The van der Waals surface area contributed by atoms with Crippen molar-refractivity contribution < 1.29 is 9.90 Å². The molecule has 2 N–H and O–H groups in total. The molecule has 5 heteroatoms. The maximum Gasteiger partial charge on any atom is 0.225 e. The van der Waals surface area contributed by atoms with Crippen molar-refractivity contribution in [1.29, 1.82) is 0 Å². The number of nitrogens with zero attached hydrogens (tertiary/aromatic N) is 2. The molecule has 1 saturated carbocycles. The molecule has 0 saturated heterocycles. The molecule has 3 rings (SSSR count). The van der Waals surface area contributed by atoms with Gasteiger partial charge in [-0.1, -0.05) is 24.3 Å². The van der Waals surface area contributed by atoms with E-state index in [0.717, 1.165) is 30.4 Å². The summed E-state index contributed by atoms with van der Waals surface area (Å²) in [5.41, 5.74) is 2.22. The van der Waals surface area contributed by atoms with Crippen LogP contribution in [0.4, 0.5) is 0 Å². The zero-order chi connectivity index (χ0) is 15.4. The van der Waals surface area contributed by atoms with Gasteiger partial charge in [0.15, 0.2) is 0 Å². The Morgan fingerprint density at radius 3 is 2.77 bits per heavy atom. The van der Waals surface area contributed by atoms with E-state index in [0.29, 0.717) is 13.1 Å². The Labute approximate surface area is 130 Å². The predicted molar refractivity (Wildman–Crippen MR) is 83.0 cm³/mol. The van der Waals surface area contributed by atoms with Crippen LogP contribution in [-0.4, -0.2) is 26.9 Å². The fraction of sp³-hybridized carbons (Fsp3) is 0.412. The number of carbonyl (C=O) groups is 1. The van der Waals surface area contributed by atoms with Crippen molar-refractivity contribution in [2.45, 2.75) is 38.5 Å². The van der Waals surface area contributed by atoms with Crippen molar-refractivity contribution in [1.82, 2.24) is 15.1 Å². The highest BCUT2D eigenvalue weighted by molar-refractivity contribution is 5.79. The van der Waals surface area contributed by atoms with Crippen molar-refractivity contribution in [3.63, 3.8) is 0 Å². The normalized spacial score (nSPS) is 21.0. The summed E-state index contributed by atoms with van der Waals surface area (Å²) in [6, 6.07) is 9.92. The van der Waals surface area contributed by atoms with E-state index < -0.39 is 6.10 Å². The Balaban J connectivity index is 1.64. The van der Waals surface area contributed by atoms with Gasteiger partial charge in [-0.2, -0.15) is 5.10 Å². The summed E-state index contributed by atoms with van der Waals surface area (Å²) in [5.74, 6) is -0.294. The van der Waals surface area contributed by atoms with Gasteiger partial charge in [0, 0.05) is 18.9 Å². The van der Waals surface area contributed by atoms with Crippen LogP contribution in [0, 0.1) is 5.92 Å². The van der Waals surface area contributed by atoms with Crippen LogP contribution in [0.5, 0.6) is 0 Å². The first-order chi connectivity index (χ1) is 10.7. The maximum atomic E-state index is 12.2. The van der Waals surface area contributed by atoms with E-state index in [1.54, 1.807) is 6.20 Å². The molecule has 0 aliphatic heterocycles. The van der Waals surface area contributed by atoms with Gasteiger partial charge in [0.1, 0.15) is 0 Å². The topological polar surface area (TPSA) is 67.2 Å². The third-order valence-corrected chi connectivity index (χ3v) is 4.28.